The van der Waals surface area contributed by atoms with E-state index in [9.17, 15) is 9.59 Å². The van der Waals surface area contributed by atoms with Gasteiger partial charge in [-0.2, -0.15) is 0 Å². The van der Waals surface area contributed by atoms with Crippen LogP contribution in [-0.2, 0) is 10.2 Å². The molecule has 6 heteroatoms. The molecular weight excluding hydrogens is 374 g/mol. The topological polar surface area (TPSA) is 61.4 Å². The largest absolute Gasteiger partial charge is 0.341 e. The molecule has 0 radical (unpaired) electrons. The van der Waals surface area contributed by atoms with Crippen LogP contribution in [0.25, 0.3) is 0 Å². The van der Waals surface area contributed by atoms with E-state index in [4.69, 9.17) is 0 Å². The highest BCUT2D eigenvalue weighted by Gasteiger charge is 2.33. The van der Waals surface area contributed by atoms with Crippen molar-refractivity contribution in [1.29, 1.82) is 0 Å². The summed E-state index contributed by atoms with van der Waals surface area (Å²) in [6.07, 6.45) is 1.01. The zero-order valence-corrected chi connectivity index (χ0v) is 18.9. The Morgan fingerprint density at radius 2 is 1.79 bits per heavy atom. The first-order valence-electron chi connectivity index (χ1n) is 9.98. The normalized spacial score (nSPS) is 18.0. The van der Waals surface area contributed by atoms with Gasteiger partial charge in [0, 0.05) is 18.7 Å². The number of hydrogen-bond acceptors (Lipinski definition) is 3. The van der Waals surface area contributed by atoms with Gasteiger partial charge in [0.25, 0.3) is 5.91 Å². The minimum atomic E-state index is -0.492. The molecule has 1 aliphatic heterocycles. The number of hydrogen-bond donors (Lipinski definition) is 2. The van der Waals surface area contributed by atoms with E-state index in [1.807, 2.05) is 50.1 Å². The molecule has 2 rings (SSSR count). The van der Waals surface area contributed by atoms with Crippen LogP contribution in [0.1, 0.15) is 57.0 Å². The third kappa shape index (κ3) is 6.21. The van der Waals surface area contributed by atoms with Crippen molar-refractivity contribution >= 4 is 24.2 Å². The third-order valence-corrected chi connectivity index (χ3v) is 5.32. The average molecular weight is 410 g/mol. The fraction of sp³-hybridized carbons (Fsp3) is 0.636. The van der Waals surface area contributed by atoms with E-state index in [-0.39, 0.29) is 35.6 Å². The van der Waals surface area contributed by atoms with Crippen LogP contribution < -0.4 is 10.6 Å². The minimum Gasteiger partial charge on any atom is -0.341 e. The molecular formula is C22H36ClN3O2. The van der Waals surface area contributed by atoms with Crippen LogP contribution in [0.4, 0.5) is 0 Å². The van der Waals surface area contributed by atoms with Gasteiger partial charge in [-0.1, -0.05) is 46.8 Å². The van der Waals surface area contributed by atoms with E-state index >= 15 is 0 Å². The molecule has 0 aromatic heterocycles. The van der Waals surface area contributed by atoms with Crippen molar-refractivity contribution in [3.8, 4) is 0 Å². The standard InChI is InChI=1S/C22H35N3O2.ClH/c1-15(2)19(21(27)25-12-11-16(14-25)13-23-6)24-20(26)17-7-9-18(10-8-17)22(3,4)5;/h7-10,15-16,19,23H,11-14H2,1-6H3,(H,24,26);1H. The molecule has 1 aliphatic rings. The molecule has 2 amide bonds. The van der Waals surface area contributed by atoms with Gasteiger partial charge in [0.2, 0.25) is 5.91 Å². The van der Waals surface area contributed by atoms with E-state index < -0.39 is 6.04 Å². The molecule has 2 atom stereocenters. The van der Waals surface area contributed by atoms with Crippen molar-refractivity contribution in [3.63, 3.8) is 0 Å². The highest BCUT2D eigenvalue weighted by atomic mass is 35.5. The zero-order valence-electron chi connectivity index (χ0n) is 18.0. The first-order valence-corrected chi connectivity index (χ1v) is 9.98. The monoisotopic (exact) mass is 409 g/mol. The third-order valence-electron chi connectivity index (χ3n) is 5.32. The molecule has 0 saturated carbocycles. The summed E-state index contributed by atoms with van der Waals surface area (Å²) in [5, 5.41) is 6.15. The highest BCUT2D eigenvalue weighted by Crippen LogP contribution is 2.22. The molecule has 0 spiro atoms. The van der Waals surface area contributed by atoms with Crippen molar-refractivity contribution in [2.75, 3.05) is 26.7 Å². The van der Waals surface area contributed by atoms with Crippen molar-refractivity contribution in [2.24, 2.45) is 11.8 Å². The molecule has 2 N–H and O–H groups in total. The molecule has 1 fully saturated rings. The summed E-state index contributed by atoms with van der Waals surface area (Å²) in [7, 11) is 1.94. The minimum absolute atomic E-state index is 0. The number of amides is 2. The molecule has 1 aromatic rings. The van der Waals surface area contributed by atoms with Crippen molar-refractivity contribution < 1.29 is 9.59 Å². The first kappa shape index (κ1) is 24.4. The van der Waals surface area contributed by atoms with E-state index in [0.29, 0.717) is 11.5 Å². The maximum atomic E-state index is 13.0. The van der Waals surface area contributed by atoms with Crippen LogP contribution >= 0.6 is 12.4 Å². The van der Waals surface area contributed by atoms with Gasteiger partial charge in [-0.25, -0.2) is 0 Å². The summed E-state index contributed by atoms with van der Waals surface area (Å²) < 4.78 is 0. The van der Waals surface area contributed by atoms with E-state index in [1.165, 1.54) is 5.56 Å². The Hall–Kier alpha value is -1.59. The SMILES string of the molecule is CNCC1CCN(C(=O)C(NC(=O)c2ccc(C(C)(C)C)cc2)C(C)C)C1.Cl. The van der Waals surface area contributed by atoms with Gasteiger partial charge in [-0.3, -0.25) is 9.59 Å². The second-order valence-corrected chi connectivity index (χ2v) is 9.02. The predicted molar refractivity (Wildman–Crippen MR) is 117 cm³/mol. The lowest BCUT2D eigenvalue weighted by molar-refractivity contribution is -0.133. The van der Waals surface area contributed by atoms with E-state index in [0.717, 1.165) is 26.1 Å². The Bertz CT molecular complexity index is 653. The summed E-state index contributed by atoms with van der Waals surface area (Å²) in [5.74, 6) is 0.378. The summed E-state index contributed by atoms with van der Waals surface area (Å²) >= 11 is 0. The highest BCUT2D eigenvalue weighted by molar-refractivity contribution is 5.97. The number of carbonyl (C=O) groups is 2. The summed E-state index contributed by atoms with van der Waals surface area (Å²) in [4.78, 5) is 27.6. The van der Waals surface area contributed by atoms with E-state index in [2.05, 4.69) is 31.4 Å². The molecule has 1 heterocycles. The Kier molecular flexibility index (Phi) is 8.96. The van der Waals surface area contributed by atoms with Crippen LogP contribution in [0.2, 0.25) is 0 Å². The van der Waals surface area contributed by atoms with Gasteiger partial charge in [-0.15, -0.1) is 12.4 Å². The quantitative estimate of drug-likeness (QED) is 0.758. The van der Waals surface area contributed by atoms with Crippen molar-refractivity contribution in [1.82, 2.24) is 15.5 Å². The maximum Gasteiger partial charge on any atom is 0.251 e. The van der Waals surface area contributed by atoms with Gasteiger partial charge < -0.3 is 15.5 Å². The van der Waals surface area contributed by atoms with Crippen LogP contribution in [0.3, 0.4) is 0 Å². The van der Waals surface area contributed by atoms with Gasteiger partial charge in [0.15, 0.2) is 0 Å². The molecule has 0 bridgehead atoms. The number of likely N-dealkylation sites (tertiary alicyclic amines) is 1. The first-order chi connectivity index (χ1) is 12.6. The van der Waals surface area contributed by atoms with E-state index in [1.54, 1.807) is 0 Å². The number of nitrogens with one attached hydrogen (secondary N) is 2. The van der Waals surface area contributed by atoms with Crippen LogP contribution in [-0.4, -0.2) is 49.4 Å². The molecule has 5 nitrogen and oxygen atoms in total. The van der Waals surface area contributed by atoms with Gasteiger partial charge >= 0.3 is 0 Å². The summed E-state index contributed by atoms with van der Waals surface area (Å²) in [5.41, 5.74) is 1.82. The fourth-order valence-corrected chi connectivity index (χ4v) is 3.54. The second-order valence-electron chi connectivity index (χ2n) is 9.02. The van der Waals surface area contributed by atoms with Gasteiger partial charge in [-0.05, 0) is 55.0 Å². The predicted octanol–water partition coefficient (Wildman–Crippen LogP) is 3.23. The lowest BCUT2D eigenvalue weighted by Crippen LogP contribution is -2.50. The molecule has 2 unspecified atom stereocenters. The summed E-state index contributed by atoms with van der Waals surface area (Å²) in [6.45, 7) is 12.8. The lowest BCUT2D eigenvalue weighted by atomic mass is 9.86. The molecule has 1 saturated heterocycles. The smallest absolute Gasteiger partial charge is 0.251 e. The number of nitrogens with zero attached hydrogens (tertiary/aromatic N) is 1. The molecule has 158 valence electrons. The molecule has 28 heavy (non-hydrogen) atoms. The lowest BCUT2D eigenvalue weighted by Gasteiger charge is -2.27. The van der Waals surface area contributed by atoms with Gasteiger partial charge in [0.1, 0.15) is 6.04 Å². The Morgan fingerprint density at radius 1 is 1.18 bits per heavy atom. The van der Waals surface area contributed by atoms with Crippen molar-refractivity contribution in [3.05, 3.63) is 35.4 Å². The Labute approximate surface area is 176 Å². The number of halogens is 1. The Morgan fingerprint density at radius 3 is 2.29 bits per heavy atom. The van der Waals surface area contributed by atoms with Crippen LogP contribution in [0.5, 0.6) is 0 Å². The number of carbonyl (C=O) groups excluding carboxylic acids is 2. The Balaban J connectivity index is 0.00000392. The van der Waals surface area contributed by atoms with Crippen molar-refractivity contribution in [2.45, 2.75) is 52.5 Å². The number of benzene rings is 1. The van der Waals surface area contributed by atoms with Crippen LogP contribution in [0.15, 0.2) is 24.3 Å². The van der Waals surface area contributed by atoms with Gasteiger partial charge in [0.05, 0.1) is 0 Å². The zero-order chi connectivity index (χ0) is 20.2. The second kappa shape index (κ2) is 10.3. The molecule has 0 aliphatic carbocycles. The maximum absolute atomic E-state index is 13.0. The molecule has 1 aromatic carbocycles. The van der Waals surface area contributed by atoms with Crippen LogP contribution in [0, 0.1) is 11.8 Å². The summed E-state index contributed by atoms with van der Waals surface area (Å²) in [6, 6.07) is 7.18. The number of rotatable bonds is 6. The average Bonchev–Trinajstić information content (AvgIpc) is 3.07. The fourth-order valence-electron chi connectivity index (χ4n) is 3.54.